The first kappa shape index (κ1) is 22.6. The predicted molar refractivity (Wildman–Crippen MR) is 134 cm³/mol. The molecule has 3 aromatic carbocycles. The third-order valence-corrected chi connectivity index (χ3v) is 5.65. The van der Waals surface area contributed by atoms with Gasteiger partial charge in [-0.1, -0.05) is 53.5 Å². The Morgan fingerprint density at radius 2 is 1.76 bits per heavy atom. The average molecular weight is 478 g/mol. The van der Waals surface area contributed by atoms with Crippen LogP contribution in [0.4, 0.5) is 5.69 Å². The zero-order valence-corrected chi connectivity index (χ0v) is 19.3. The van der Waals surface area contributed by atoms with E-state index in [1.54, 1.807) is 24.3 Å². The van der Waals surface area contributed by atoms with E-state index in [9.17, 15) is 4.79 Å². The molecule has 2 N–H and O–H groups in total. The predicted octanol–water partition coefficient (Wildman–Crippen LogP) is 6.44. The summed E-state index contributed by atoms with van der Waals surface area (Å²) >= 11 is 12.5. The van der Waals surface area contributed by atoms with Crippen molar-refractivity contribution in [3.8, 4) is 11.3 Å². The van der Waals surface area contributed by atoms with Gasteiger partial charge in [-0.3, -0.25) is 0 Å². The van der Waals surface area contributed by atoms with E-state index >= 15 is 0 Å². The molecule has 1 heterocycles. The van der Waals surface area contributed by atoms with Gasteiger partial charge in [-0.25, -0.2) is 9.78 Å². The molecule has 0 saturated heterocycles. The van der Waals surface area contributed by atoms with Crippen LogP contribution in [0.5, 0.6) is 0 Å². The van der Waals surface area contributed by atoms with Crippen LogP contribution in [0.1, 0.15) is 27.3 Å². The molecule has 4 aromatic rings. The molecule has 0 fully saturated rings. The minimum atomic E-state index is -0.365. The van der Waals surface area contributed by atoms with E-state index in [1.165, 1.54) is 7.11 Å². The summed E-state index contributed by atoms with van der Waals surface area (Å²) < 4.78 is 6.80. The van der Waals surface area contributed by atoms with Crippen LogP contribution < -0.4 is 5.73 Å². The molecule has 7 heteroatoms. The maximum absolute atomic E-state index is 11.7. The van der Waals surface area contributed by atoms with E-state index in [4.69, 9.17) is 38.7 Å². The van der Waals surface area contributed by atoms with E-state index in [-0.39, 0.29) is 5.97 Å². The number of hydrogen-bond donors (Lipinski definition) is 1. The topological polar surface area (TPSA) is 70.1 Å². The number of benzene rings is 3. The Labute approximate surface area is 202 Å². The highest BCUT2D eigenvalue weighted by Gasteiger charge is 2.12. The molecule has 0 unspecified atom stereocenters. The summed E-state index contributed by atoms with van der Waals surface area (Å²) in [5.74, 6) is 0.390. The van der Waals surface area contributed by atoms with Crippen LogP contribution in [-0.4, -0.2) is 22.6 Å². The van der Waals surface area contributed by atoms with E-state index in [1.807, 2.05) is 65.4 Å². The fourth-order valence-corrected chi connectivity index (χ4v) is 3.86. The lowest BCUT2D eigenvalue weighted by Gasteiger charge is -2.07. The molecule has 0 atom stereocenters. The van der Waals surface area contributed by atoms with Crippen molar-refractivity contribution in [2.45, 2.75) is 6.54 Å². The van der Waals surface area contributed by atoms with Gasteiger partial charge in [0.2, 0.25) is 0 Å². The van der Waals surface area contributed by atoms with Gasteiger partial charge in [0, 0.05) is 29.0 Å². The number of hydrogen-bond acceptors (Lipinski definition) is 4. The van der Waals surface area contributed by atoms with Gasteiger partial charge in [0.25, 0.3) is 0 Å². The Kier molecular flexibility index (Phi) is 6.82. The number of carbonyl (C=O) groups is 1. The van der Waals surface area contributed by atoms with Crippen LogP contribution in [0.15, 0.2) is 72.9 Å². The molecule has 0 radical (unpaired) electrons. The van der Waals surface area contributed by atoms with Crippen molar-refractivity contribution in [1.82, 2.24) is 9.55 Å². The zero-order chi connectivity index (χ0) is 23.4. The van der Waals surface area contributed by atoms with Crippen molar-refractivity contribution in [3.05, 3.63) is 105 Å². The second kappa shape index (κ2) is 9.94. The third-order valence-electron chi connectivity index (χ3n) is 5.10. The Morgan fingerprint density at radius 1 is 1.03 bits per heavy atom. The SMILES string of the molecule is COC(=O)c1ccc(Cn2cc(-c3ccc(Cl)cc3Cl)nc2C=Cc2ccc(N)cc2)cc1. The number of methoxy groups -OCH3 is 1. The summed E-state index contributed by atoms with van der Waals surface area (Å²) in [6.07, 6.45) is 5.87. The summed E-state index contributed by atoms with van der Waals surface area (Å²) in [5, 5.41) is 1.10. The van der Waals surface area contributed by atoms with Gasteiger partial charge in [-0.05, 0) is 59.7 Å². The van der Waals surface area contributed by atoms with Crippen LogP contribution in [0.3, 0.4) is 0 Å². The summed E-state index contributed by atoms with van der Waals surface area (Å²) in [5.41, 5.74) is 10.5. The number of esters is 1. The largest absolute Gasteiger partial charge is 0.465 e. The fourth-order valence-electron chi connectivity index (χ4n) is 3.36. The number of imidazole rings is 1. The molecule has 0 amide bonds. The number of aromatic nitrogens is 2. The first-order valence-electron chi connectivity index (χ1n) is 10.2. The minimum absolute atomic E-state index is 0.365. The second-order valence-electron chi connectivity index (χ2n) is 7.42. The Morgan fingerprint density at radius 3 is 2.42 bits per heavy atom. The van der Waals surface area contributed by atoms with E-state index < -0.39 is 0 Å². The van der Waals surface area contributed by atoms with Crippen molar-refractivity contribution >= 4 is 47.0 Å². The molecule has 1 aromatic heterocycles. The Bertz CT molecular complexity index is 1310. The molecular weight excluding hydrogens is 457 g/mol. The van der Waals surface area contributed by atoms with Crippen LogP contribution >= 0.6 is 23.2 Å². The molecule has 5 nitrogen and oxygen atoms in total. The number of carbonyl (C=O) groups excluding carboxylic acids is 1. The highest BCUT2D eigenvalue weighted by molar-refractivity contribution is 6.36. The molecule has 33 heavy (non-hydrogen) atoms. The van der Waals surface area contributed by atoms with Gasteiger partial charge in [-0.2, -0.15) is 0 Å². The van der Waals surface area contributed by atoms with Crippen molar-refractivity contribution < 1.29 is 9.53 Å². The molecule has 0 aliphatic carbocycles. The molecule has 0 bridgehead atoms. The highest BCUT2D eigenvalue weighted by atomic mass is 35.5. The van der Waals surface area contributed by atoms with Gasteiger partial charge < -0.3 is 15.0 Å². The summed E-state index contributed by atoms with van der Waals surface area (Å²) in [7, 11) is 1.37. The maximum atomic E-state index is 11.7. The van der Waals surface area contributed by atoms with Crippen LogP contribution in [0.2, 0.25) is 10.0 Å². The number of nitrogens with zero attached hydrogens (tertiary/aromatic N) is 2. The Balaban J connectivity index is 1.69. The van der Waals surface area contributed by atoms with Crippen LogP contribution in [0, 0.1) is 0 Å². The fraction of sp³-hybridized carbons (Fsp3) is 0.0769. The lowest BCUT2D eigenvalue weighted by atomic mass is 10.1. The third kappa shape index (κ3) is 5.45. The van der Waals surface area contributed by atoms with Gasteiger partial charge >= 0.3 is 5.97 Å². The van der Waals surface area contributed by atoms with Crippen LogP contribution in [0.25, 0.3) is 23.4 Å². The number of nitrogens with two attached hydrogens (primary N) is 1. The van der Waals surface area contributed by atoms with E-state index in [2.05, 4.69) is 0 Å². The van der Waals surface area contributed by atoms with Gasteiger partial charge in [0.15, 0.2) is 0 Å². The number of ether oxygens (including phenoxy) is 1. The Hall–Kier alpha value is -3.54. The normalized spacial score (nSPS) is 11.1. The van der Waals surface area contributed by atoms with Crippen molar-refractivity contribution in [3.63, 3.8) is 0 Å². The summed E-state index contributed by atoms with van der Waals surface area (Å²) in [6, 6.07) is 20.2. The molecule has 0 aliphatic rings. The van der Waals surface area contributed by atoms with Crippen molar-refractivity contribution in [2.75, 3.05) is 12.8 Å². The lowest BCUT2D eigenvalue weighted by molar-refractivity contribution is 0.0600. The minimum Gasteiger partial charge on any atom is -0.465 e. The maximum Gasteiger partial charge on any atom is 0.337 e. The molecule has 166 valence electrons. The van der Waals surface area contributed by atoms with Gasteiger partial charge in [-0.15, -0.1) is 0 Å². The zero-order valence-electron chi connectivity index (χ0n) is 17.8. The molecule has 0 spiro atoms. The number of nitrogen functional groups attached to an aromatic ring is 1. The number of rotatable bonds is 6. The quantitative estimate of drug-likeness (QED) is 0.256. The van der Waals surface area contributed by atoms with Crippen molar-refractivity contribution in [1.29, 1.82) is 0 Å². The molecular formula is C26H21Cl2N3O2. The smallest absolute Gasteiger partial charge is 0.337 e. The molecule has 4 rings (SSSR count). The lowest BCUT2D eigenvalue weighted by Crippen LogP contribution is -2.03. The number of halogens is 2. The van der Waals surface area contributed by atoms with E-state index in [0.29, 0.717) is 27.8 Å². The first-order chi connectivity index (χ1) is 15.9. The molecule has 0 saturated carbocycles. The number of anilines is 1. The van der Waals surface area contributed by atoms with Gasteiger partial charge in [0.05, 0.1) is 23.4 Å². The first-order valence-corrected chi connectivity index (χ1v) is 10.9. The van der Waals surface area contributed by atoms with Crippen molar-refractivity contribution in [2.24, 2.45) is 0 Å². The van der Waals surface area contributed by atoms with Crippen LogP contribution in [-0.2, 0) is 11.3 Å². The average Bonchev–Trinajstić information content (AvgIpc) is 3.20. The second-order valence-corrected chi connectivity index (χ2v) is 8.27. The van der Waals surface area contributed by atoms with Gasteiger partial charge in [0.1, 0.15) is 5.82 Å². The summed E-state index contributed by atoms with van der Waals surface area (Å²) in [6.45, 7) is 0.557. The molecule has 0 aliphatic heterocycles. The highest BCUT2D eigenvalue weighted by Crippen LogP contribution is 2.30. The summed E-state index contributed by atoms with van der Waals surface area (Å²) in [4.78, 5) is 16.5. The standard InChI is InChI=1S/C26H21Cl2N3O2/c1-33-26(32)19-7-2-18(3-8-19)15-31-16-24(22-12-9-20(27)14-23(22)28)30-25(31)13-6-17-4-10-21(29)11-5-17/h2-14,16H,15,29H2,1H3. The monoisotopic (exact) mass is 477 g/mol. The van der Waals surface area contributed by atoms with E-state index in [0.717, 1.165) is 28.2 Å².